The molecule has 0 aromatic rings. The molecule has 0 saturated heterocycles. The van der Waals surface area contributed by atoms with E-state index < -0.39 is 17.3 Å². The molecule has 1 saturated carbocycles. The highest BCUT2D eigenvalue weighted by Gasteiger charge is 2.42. The highest BCUT2D eigenvalue weighted by Crippen LogP contribution is 2.31. The lowest BCUT2D eigenvalue weighted by Gasteiger charge is -2.42. The standard InChI is InChI=1S/C10H19NO3/c1-9(2,3)14-8(12)11-7-5-6-10(7,4)13/h7,13H,5-6H2,1-4H3,(H,11,12)/t7-,10-/m0/s1. The number of nitrogens with one attached hydrogen (secondary N) is 1. The summed E-state index contributed by atoms with van der Waals surface area (Å²) >= 11 is 0. The SMILES string of the molecule is CC(C)(C)OC(=O)N[C@H]1CC[C@]1(C)O. The predicted octanol–water partition coefficient (Wildman–Crippen LogP) is 1.42. The van der Waals surface area contributed by atoms with Crippen LogP contribution in [0.5, 0.6) is 0 Å². The van der Waals surface area contributed by atoms with E-state index in [-0.39, 0.29) is 6.04 Å². The second-order valence-electron chi connectivity index (χ2n) is 5.09. The summed E-state index contributed by atoms with van der Waals surface area (Å²) in [5, 5.41) is 12.3. The van der Waals surface area contributed by atoms with Crippen LogP contribution in [-0.2, 0) is 4.74 Å². The van der Waals surface area contributed by atoms with E-state index in [0.717, 1.165) is 12.8 Å². The van der Waals surface area contributed by atoms with Crippen molar-refractivity contribution in [2.75, 3.05) is 0 Å². The second-order valence-corrected chi connectivity index (χ2v) is 5.09. The average Bonchev–Trinajstić information content (AvgIpc) is 1.95. The summed E-state index contributed by atoms with van der Waals surface area (Å²) in [5.74, 6) is 0. The molecule has 0 aromatic heterocycles. The van der Waals surface area contributed by atoms with Crippen molar-refractivity contribution in [3.05, 3.63) is 0 Å². The van der Waals surface area contributed by atoms with Gasteiger partial charge in [0, 0.05) is 0 Å². The van der Waals surface area contributed by atoms with E-state index in [9.17, 15) is 9.90 Å². The Labute approximate surface area is 84.6 Å². The number of carbonyl (C=O) groups excluding carboxylic acids is 1. The van der Waals surface area contributed by atoms with Crippen molar-refractivity contribution < 1.29 is 14.6 Å². The first-order valence-corrected chi connectivity index (χ1v) is 4.93. The Morgan fingerprint density at radius 2 is 2.14 bits per heavy atom. The molecule has 0 spiro atoms. The number of hydrogen-bond acceptors (Lipinski definition) is 3. The van der Waals surface area contributed by atoms with E-state index in [1.165, 1.54) is 0 Å². The molecule has 2 N–H and O–H groups in total. The van der Waals surface area contributed by atoms with E-state index in [2.05, 4.69) is 5.32 Å². The van der Waals surface area contributed by atoms with Crippen molar-refractivity contribution in [1.82, 2.24) is 5.32 Å². The summed E-state index contributed by atoms with van der Waals surface area (Å²) in [5.41, 5.74) is -1.25. The van der Waals surface area contributed by atoms with Crippen molar-refractivity contribution >= 4 is 6.09 Å². The Bertz CT molecular complexity index is 230. The van der Waals surface area contributed by atoms with Gasteiger partial charge in [0.25, 0.3) is 0 Å². The van der Waals surface area contributed by atoms with Gasteiger partial charge < -0.3 is 15.2 Å². The molecule has 0 unspecified atom stereocenters. The number of aliphatic hydroxyl groups is 1. The van der Waals surface area contributed by atoms with Crippen LogP contribution in [0.4, 0.5) is 4.79 Å². The van der Waals surface area contributed by atoms with Crippen molar-refractivity contribution in [2.24, 2.45) is 0 Å². The van der Waals surface area contributed by atoms with Crippen LogP contribution in [-0.4, -0.2) is 28.4 Å². The molecular formula is C10H19NO3. The summed E-state index contributed by atoms with van der Waals surface area (Å²) in [6, 6.07) is -0.169. The molecule has 0 radical (unpaired) electrons. The van der Waals surface area contributed by atoms with Crippen molar-refractivity contribution in [3.63, 3.8) is 0 Å². The van der Waals surface area contributed by atoms with Crippen LogP contribution in [0.25, 0.3) is 0 Å². The lowest BCUT2D eigenvalue weighted by atomic mass is 9.76. The molecule has 1 amide bonds. The number of alkyl carbamates (subject to hydrolysis) is 1. The Kier molecular flexibility index (Phi) is 2.76. The van der Waals surface area contributed by atoms with E-state index in [4.69, 9.17) is 4.74 Å². The van der Waals surface area contributed by atoms with Crippen molar-refractivity contribution in [2.45, 2.75) is 57.8 Å². The minimum Gasteiger partial charge on any atom is -0.444 e. The fraction of sp³-hybridized carbons (Fsp3) is 0.900. The Balaban J connectivity index is 2.35. The normalized spacial score (nSPS) is 31.9. The zero-order valence-electron chi connectivity index (χ0n) is 9.26. The van der Waals surface area contributed by atoms with Gasteiger partial charge in [-0.05, 0) is 40.5 Å². The Morgan fingerprint density at radius 3 is 2.43 bits per heavy atom. The van der Waals surface area contributed by atoms with E-state index in [0.29, 0.717) is 0 Å². The maximum atomic E-state index is 11.3. The van der Waals surface area contributed by atoms with Gasteiger partial charge in [-0.2, -0.15) is 0 Å². The van der Waals surface area contributed by atoms with Crippen LogP contribution in [0.1, 0.15) is 40.5 Å². The number of hydrogen-bond donors (Lipinski definition) is 2. The van der Waals surface area contributed by atoms with Crippen LogP contribution in [0.15, 0.2) is 0 Å². The topological polar surface area (TPSA) is 58.6 Å². The minimum atomic E-state index is -0.767. The molecule has 0 aromatic carbocycles. The fourth-order valence-corrected chi connectivity index (χ4v) is 1.38. The molecule has 1 aliphatic rings. The van der Waals surface area contributed by atoms with Gasteiger partial charge in [-0.15, -0.1) is 0 Å². The molecule has 4 heteroatoms. The van der Waals surface area contributed by atoms with Crippen LogP contribution >= 0.6 is 0 Å². The molecule has 14 heavy (non-hydrogen) atoms. The first kappa shape index (κ1) is 11.3. The smallest absolute Gasteiger partial charge is 0.407 e. The highest BCUT2D eigenvalue weighted by atomic mass is 16.6. The second kappa shape index (κ2) is 3.42. The predicted molar refractivity (Wildman–Crippen MR) is 53.0 cm³/mol. The van der Waals surface area contributed by atoms with Gasteiger partial charge >= 0.3 is 6.09 Å². The monoisotopic (exact) mass is 201 g/mol. The number of rotatable bonds is 1. The lowest BCUT2D eigenvalue weighted by molar-refractivity contribution is -0.0544. The van der Waals surface area contributed by atoms with Gasteiger partial charge in [0.15, 0.2) is 0 Å². The third kappa shape index (κ3) is 2.87. The third-order valence-corrected chi connectivity index (χ3v) is 2.38. The van der Waals surface area contributed by atoms with E-state index in [1.807, 2.05) is 20.8 Å². The van der Waals surface area contributed by atoms with Gasteiger partial charge in [0.1, 0.15) is 5.60 Å². The molecule has 0 bridgehead atoms. The molecule has 4 nitrogen and oxygen atoms in total. The van der Waals surface area contributed by atoms with Crippen LogP contribution < -0.4 is 5.32 Å². The molecule has 2 atom stereocenters. The first-order chi connectivity index (χ1) is 6.21. The largest absolute Gasteiger partial charge is 0.444 e. The third-order valence-electron chi connectivity index (χ3n) is 2.38. The highest BCUT2D eigenvalue weighted by molar-refractivity contribution is 5.68. The molecular weight excluding hydrogens is 182 g/mol. The maximum Gasteiger partial charge on any atom is 0.407 e. The number of carbonyl (C=O) groups is 1. The average molecular weight is 201 g/mol. The summed E-state index contributed by atoms with van der Waals surface area (Å²) in [6.45, 7) is 7.15. The van der Waals surface area contributed by atoms with Gasteiger partial charge in [0.05, 0.1) is 11.6 Å². The summed E-state index contributed by atoms with van der Waals surface area (Å²) in [6.07, 6.45) is 1.09. The lowest BCUT2D eigenvalue weighted by Crippen LogP contribution is -2.59. The molecule has 0 heterocycles. The molecule has 82 valence electrons. The Hall–Kier alpha value is -0.770. The molecule has 1 rings (SSSR count). The molecule has 1 aliphatic carbocycles. The van der Waals surface area contributed by atoms with Crippen LogP contribution in [0.2, 0.25) is 0 Å². The van der Waals surface area contributed by atoms with Crippen molar-refractivity contribution in [1.29, 1.82) is 0 Å². The zero-order chi connectivity index (χ0) is 11.0. The molecule has 1 fully saturated rings. The van der Waals surface area contributed by atoms with Crippen LogP contribution in [0, 0.1) is 0 Å². The summed E-state index contributed by atoms with van der Waals surface area (Å²) in [4.78, 5) is 11.3. The van der Waals surface area contributed by atoms with E-state index in [1.54, 1.807) is 6.92 Å². The maximum absolute atomic E-state index is 11.3. The van der Waals surface area contributed by atoms with Gasteiger partial charge in [0.2, 0.25) is 0 Å². The minimum absolute atomic E-state index is 0.169. The van der Waals surface area contributed by atoms with Crippen molar-refractivity contribution in [3.8, 4) is 0 Å². The summed E-state index contributed by atoms with van der Waals surface area (Å²) in [7, 11) is 0. The Morgan fingerprint density at radius 1 is 1.57 bits per heavy atom. The number of ether oxygens (including phenoxy) is 1. The van der Waals surface area contributed by atoms with E-state index >= 15 is 0 Å². The van der Waals surface area contributed by atoms with Gasteiger partial charge in [-0.1, -0.05) is 0 Å². The first-order valence-electron chi connectivity index (χ1n) is 4.93. The number of amides is 1. The fourth-order valence-electron chi connectivity index (χ4n) is 1.38. The zero-order valence-corrected chi connectivity index (χ0v) is 9.26. The summed E-state index contributed by atoms with van der Waals surface area (Å²) < 4.78 is 5.08. The van der Waals surface area contributed by atoms with Gasteiger partial charge in [-0.3, -0.25) is 0 Å². The van der Waals surface area contributed by atoms with Crippen LogP contribution in [0.3, 0.4) is 0 Å². The molecule has 0 aliphatic heterocycles. The van der Waals surface area contributed by atoms with Gasteiger partial charge in [-0.25, -0.2) is 4.79 Å². The quantitative estimate of drug-likeness (QED) is 0.674.